The molecule has 0 bridgehead atoms. The minimum atomic E-state index is -0.257. The SMILES string of the molecule is O=C(C(=C(C(=O)c1ccccc1)c1ccccc1-c1ncco1)c1ccccc1)c1ccccc1. The van der Waals surface area contributed by atoms with Crippen LogP contribution >= 0.6 is 0 Å². The first-order valence-electron chi connectivity index (χ1n) is 11.2. The van der Waals surface area contributed by atoms with E-state index in [0.717, 1.165) is 0 Å². The van der Waals surface area contributed by atoms with Gasteiger partial charge in [-0.2, -0.15) is 0 Å². The third kappa shape index (κ3) is 4.50. The molecule has 0 amide bonds. The van der Waals surface area contributed by atoms with Gasteiger partial charge >= 0.3 is 0 Å². The molecule has 4 heteroatoms. The van der Waals surface area contributed by atoms with Gasteiger partial charge in [-0.1, -0.05) is 109 Å². The summed E-state index contributed by atoms with van der Waals surface area (Å²) >= 11 is 0. The lowest BCUT2D eigenvalue weighted by atomic mass is 9.83. The van der Waals surface area contributed by atoms with Crippen molar-refractivity contribution in [3.05, 3.63) is 150 Å². The van der Waals surface area contributed by atoms with Crippen molar-refractivity contribution < 1.29 is 14.0 Å². The number of oxazole rings is 1. The number of benzene rings is 4. The number of hydrogen-bond acceptors (Lipinski definition) is 4. The van der Waals surface area contributed by atoms with Gasteiger partial charge in [-0.15, -0.1) is 0 Å². The predicted molar refractivity (Wildman–Crippen MR) is 137 cm³/mol. The summed E-state index contributed by atoms with van der Waals surface area (Å²) in [5, 5.41) is 0. The Bertz CT molecular complexity index is 1490. The summed E-state index contributed by atoms with van der Waals surface area (Å²) < 4.78 is 5.60. The molecule has 0 N–H and O–H groups in total. The van der Waals surface area contributed by atoms with E-state index in [1.807, 2.05) is 91.0 Å². The second-order valence-electron chi connectivity index (χ2n) is 7.89. The molecular formula is C31H21NO3. The highest BCUT2D eigenvalue weighted by atomic mass is 16.3. The first-order chi connectivity index (χ1) is 17.2. The standard InChI is InChI=1S/C31H21NO3/c33-29(23-14-6-2-7-15-23)27(22-12-4-1-5-13-22)28(30(34)24-16-8-3-9-17-24)25-18-10-11-19-26(25)31-32-20-21-35-31/h1-21H. The van der Waals surface area contributed by atoms with Crippen molar-refractivity contribution in [3.63, 3.8) is 0 Å². The van der Waals surface area contributed by atoms with Crippen LogP contribution in [0.15, 0.2) is 132 Å². The summed E-state index contributed by atoms with van der Waals surface area (Å²) in [6.07, 6.45) is 3.05. The van der Waals surface area contributed by atoms with Crippen LogP contribution in [0.4, 0.5) is 0 Å². The molecule has 0 aliphatic heterocycles. The molecule has 0 unspecified atom stereocenters. The molecule has 0 spiro atoms. The molecule has 0 aliphatic carbocycles. The number of carbonyl (C=O) groups is 2. The van der Waals surface area contributed by atoms with E-state index in [2.05, 4.69) is 4.98 Å². The monoisotopic (exact) mass is 455 g/mol. The zero-order chi connectivity index (χ0) is 24.0. The maximum atomic E-state index is 14.2. The molecule has 0 radical (unpaired) electrons. The summed E-state index contributed by atoms with van der Waals surface area (Å²) in [6, 6.07) is 34.7. The highest BCUT2D eigenvalue weighted by Crippen LogP contribution is 2.37. The Morgan fingerprint density at radius 1 is 0.543 bits per heavy atom. The van der Waals surface area contributed by atoms with E-state index in [1.54, 1.807) is 30.5 Å². The van der Waals surface area contributed by atoms with Gasteiger partial charge in [0.05, 0.1) is 6.20 Å². The fourth-order valence-corrected chi connectivity index (χ4v) is 4.08. The first-order valence-corrected chi connectivity index (χ1v) is 11.2. The molecule has 168 valence electrons. The van der Waals surface area contributed by atoms with Crippen LogP contribution in [0, 0.1) is 0 Å². The van der Waals surface area contributed by atoms with Crippen molar-refractivity contribution >= 4 is 22.7 Å². The fourth-order valence-electron chi connectivity index (χ4n) is 4.08. The van der Waals surface area contributed by atoms with Gasteiger partial charge in [0.1, 0.15) is 6.26 Å². The highest BCUT2D eigenvalue weighted by Gasteiger charge is 2.28. The van der Waals surface area contributed by atoms with E-state index in [0.29, 0.717) is 44.9 Å². The fraction of sp³-hybridized carbons (Fsp3) is 0. The van der Waals surface area contributed by atoms with Gasteiger partial charge in [0.25, 0.3) is 0 Å². The van der Waals surface area contributed by atoms with Gasteiger partial charge in [0.2, 0.25) is 5.89 Å². The molecule has 0 saturated carbocycles. The lowest BCUT2D eigenvalue weighted by Crippen LogP contribution is -2.13. The number of ketones is 2. The minimum Gasteiger partial charge on any atom is -0.445 e. The van der Waals surface area contributed by atoms with Crippen LogP contribution < -0.4 is 0 Å². The number of carbonyl (C=O) groups excluding carboxylic acids is 2. The Hall–Kier alpha value is -4.83. The van der Waals surface area contributed by atoms with Gasteiger partial charge in [-0.05, 0) is 17.2 Å². The predicted octanol–water partition coefficient (Wildman–Crippen LogP) is 7.02. The summed E-state index contributed by atoms with van der Waals surface area (Å²) in [7, 11) is 0. The van der Waals surface area contributed by atoms with Crippen LogP contribution in [0.3, 0.4) is 0 Å². The van der Waals surface area contributed by atoms with Crippen LogP contribution in [0.5, 0.6) is 0 Å². The average molecular weight is 456 g/mol. The maximum Gasteiger partial charge on any atom is 0.226 e. The van der Waals surface area contributed by atoms with E-state index in [4.69, 9.17) is 4.42 Å². The molecule has 5 aromatic rings. The Labute approximate surface area is 203 Å². The Balaban J connectivity index is 1.87. The van der Waals surface area contributed by atoms with Gasteiger partial charge in [0.15, 0.2) is 11.6 Å². The van der Waals surface area contributed by atoms with Crippen molar-refractivity contribution in [2.45, 2.75) is 0 Å². The molecule has 0 aliphatic rings. The molecule has 4 nitrogen and oxygen atoms in total. The summed E-state index contributed by atoms with van der Waals surface area (Å²) in [4.78, 5) is 32.5. The van der Waals surface area contributed by atoms with E-state index in [1.165, 1.54) is 6.26 Å². The smallest absolute Gasteiger partial charge is 0.226 e. The average Bonchev–Trinajstić information content (AvgIpc) is 3.47. The largest absolute Gasteiger partial charge is 0.445 e. The second kappa shape index (κ2) is 9.98. The zero-order valence-corrected chi connectivity index (χ0v) is 18.8. The van der Waals surface area contributed by atoms with Gasteiger partial charge < -0.3 is 4.42 Å². The van der Waals surface area contributed by atoms with Crippen molar-refractivity contribution in [1.29, 1.82) is 0 Å². The Kier molecular flexibility index (Phi) is 6.27. The molecule has 5 rings (SSSR count). The summed E-state index contributed by atoms with van der Waals surface area (Å²) in [6.45, 7) is 0. The molecule has 0 saturated heterocycles. The van der Waals surface area contributed by atoms with Gasteiger partial charge in [-0.3, -0.25) is 9.59 Å². The second-order valence-corrected chi connectivity index (χ2v) is 7.89. The van der Waals surface area contributed by atoms with Crippen molar-refractivity contribution in [1.82, 2.24) is 4.98 Å². The van der Waals surface area contributed by atoms with Gasteiger partial charge in [-0.25, -0.2) is 4.98 Å². The number of nitrogens with zero attached hydrogens (tertiary/aromatic N) is 1. The van der Waals surface area contributed by atoms with Gasteiger partial charge in [0, 0.05) is 27.8 Å². The van der Waals surface area contributed by atoms with E-state index < -0.39 is 0 Å². The summed E-state index contributed by atoms with van der Waals surface area (Å²) in [5.41, 5.74) is 3.47. The number of aromatic nitrogens is 1. The molecule has 35 heavy (non-hydrogen) atoms. The topological polar surface area (TPSA) is 60.2 Å². The molecule has 0 fully saturated rings. The number of hydrogen-bond donors (Lipinski definition) is 0. The quantitative estimate of drug-likeness (QED) is 0.150. The highest BCUT2D eigenvalue weighted by molar-refractivity contribution is 6.47. The first kappa shape index (κ1) is 22.0. The lowest BCUT2D eigenvalue weighted by molar-refractivity contribution is 0.103. The normalized spacial score (nSPS) is 11.5. The van der Waals surface area contributed by atoms with Crippen LogP contribution in [0.2, 0.25) is 0 Å². The van der Waals surface area contributed by atoms with E-state index in [9.17, 15) is 9.59 Å². The molecule has 0 atom stereocenters. The third-order valence-corrected chi connectivity index (χ3v) is 5.70. The van der Waals surface area contributed by atoms with Crippen molar-refractivity contribution in [3.8, 4) is 11.5 Å². The molecule has 1 heterocycles. The van der Waals surface area contributed by atoms with Crippen LogP contribution in [-0.2, 0) is 0 Å². The maximum absolute atomic E-state index is 14.2. The van der Waals surface area contributed by atoms with E-state index >= 15 is 0 Å². The Morgan fingerprint density at radius 2 is 1.03 bits per heavy atom. The van der Waals surface area contributed by atoms with Crippen LogP contribution in [0.1, 0.15) is 31.8 Å². The van der Waals surface area contributed by atoms with Crippen LogP contribution in [-0.4, -0.2) is 16.6 Å². The molecular weight excluding hydrogens is 434 g/mol. The van der Waals surface area contributed by atoms with E-state index in [-0.39, 0.29) is 11.6 Å². The molecule has 4 aromatic carbocycles. The summed E-state index contributed by atoms with van der Waals surface area (Å²) in [5.74, 6) is -0.121. The number of Topliss-reactive ketones (excluding diaryl/α,β-unsaturated/α-hetero) is 2. The van der Waals surface area contributed by atoms with Crippen LogP contribution in [0.25, 0.3) is 22.6 Å². The minimum absolute atomic E-state index is 0.238. The lowest BCUT2D eigenvalue weighted by Gasteiger charge is -2.17. The van der Waals surface area contributed by atoms with Crippen molar-refractivity contribution in [2.75, 3.05) is 0 Å². The Morgan fingerprint density at radius 3 is 1.57 bits per heavy atom. The van der Waals surface area contributed by atoms with Crippen molar-refractivity contribution in [2.24, 2.45) is 0 Å². The third-order valence-electron chi connectivity index (χ3n) is 5.70. The number of allylic oxidation sites excluding steroid dienone is 2. The number of rotatable bonds is 7. The zero-order valence-electron chi connectivity index (χ0n) is 18.8. The molecule has 1 aromatic heterocycles.